The first-order chi connectivity index (χ1) is 7.67. The molecule has 5 heteroatoms. The van der Waals surface area contributed by atoms with Gasteiger partial charge in [-0.25, -0.2) is 4.79 Å². The SMILES string of the molecule is COC(=O)C(CCBr)Oc1cccc(Br)c1. The van der Waals surface area contributed by atoms with Gasteiger partial charge < -0.3 is 9.47 Å². The second kappa shape index (κ2) is 6.91. The largest absolute Gasteiger partial charge is 0.479 e. The number of rotatable bonds is 5. The molecular formula is C11H12Br2O3. The molecule has 0 saturated heterocycles. The molecule has 0 saturated carbocycles. The minimum atomic E-state index is -0.571. The highest BCUT2D eigenvalue weighted by atomic mass is 79.9. The molecule has 0 bridgehead atoms. The fraction of sp³-hybridized carbons (Fsp3) is 0.364. The van der Waals surface area contributed by atoms with Crippen molar-refractivity contribution in [1.82, 2.24) is 0 Å². The van der Waals surface area contributed by atoms with Gasteiger partial charge in [-0.2, -0.15) is 0 Å². The fourth-order valence-electron chi connectivity index (χ4n) is 1.16. The molecule has 1 rings (SSSR count). The molecule has 1 unspecified atom stereocenters. The van der Waals surface area contributed by atoms with E-state index in [1.54, 1.807) is 6.07 Å². The predicted molar refractivity (Wildman–Crippen MR) is 69.0 cm³/mol. The molecule has 0 aromatic heterocycles. The van der Waals surface area contributed by atoms with Crippen molar-refractivity contribution in [3.05, 3.63) is 28.7 Å². The Morgan fingerprint density at radius 2 is 2.25 bits per heavy atom. The third kappa shape index (κ3) is 4.14. The average Bonchev–Trinajstić information content (AvgIpc) is 2.27. The Hall–Kier alpha value is -0.550. The Labute approximate surface area is 111 Å². The third-order valence-corrected chi connectivity index (χ3v) is 2.86. The van der Waals surface area contributed by atoms with Gasteiger partial charge in [0.25, 0.3) is 0 Å². The lowest BCUT2D eigenvalue weighted by molar-refractivity contribution is -0.148. The van der Waals surface area contributed by atoms with Crippen molar-refractivity contribution >= 4 is 37.8 Å². The second-order valence-electron chi connectivity index (χ2n) is 3.06. The lowest BCUT2D eigenvalue weighted by atomic mass is 10.2. The summed E-state index contributed by atoms with van der Waals surface area (Å²) in [5.74, 6) is 0.283. The van der Waals surface area contributed by atoms with Crippen LogP contribution in [0.15, 0.2) is 28.7 Å². The molecule has 0 N–H and O–H groups in total. The number of alkyl halides is 1. The van der Waals surface area contributed by atoms with Gasteiger partial charge in [-0.05, 0) is 18.2 Å². The summed E-state index contributed by atoms with van der Waals surface area (Å²) in [6.07, 6.45) is -0.00203. The summed E-state index contributed by atoms with van der Waals surface area (Å²) in [6.45, 7) is 0. The van der Waals surface area contributed by atoms with E-state index in [-0.39, 0.29) is 5.97 Å². The molecule has 0 amide bonds. The van der Waals surface area contributed by atoms with Crippen LogP contribution in [0.3, 0.4) is 0 Å². The van der Waals surface area contributed by atoms with Crippen LogP contribution < -0.4 is 4.74 Å². The van der Waals surface area contributed by atoms with E-state index in [0.717, 1.165) is 4.47 Å². The first-order valence-corrected chi connectivity index (χ1v) is 6.65. The highest BCUT2D eigenvalue weighted by Gasteiger charge is 2.20. The Morgan fingerprint density at radius 3 is 2.81 bits per heavy atom. The minimum Gasteiger partial charge on any atom is -0.479 e. The number of benzene rings is 1. The van der Waals surface area contributed by atoms with Crippen LogP contribution in [0.2, 0.25) is 0 Å². The van der Waals surface area contributed by atoms with Gasteiger partial charge in [-0.15, -0.1) is 0 Å². The normalized spacial score (nSPS) is 11.9. The number of ether oxygens (including phenoxy) is 2. The molecule has 1 atom stereocenters. The first kappa shape index (κ1) is 13.5. The summed E-state index contributed by atoms with van der Waals surface area (Å²) in [4.78, 5) is 11.4. The maximum Gasteiger partial charge on any atom is 0.347 e. The maximum absolute atomic E-state index is 11.4. The van der Waals surface area contributed by atoms with Crippen LogP contribution in [0.1, 0.15) is 6.42 Å². The summed E-state index contributed by atoms with van der Waals surface area (Å²) in [5, 5.41) is 0.681. The second-order valence-corrected chi connectivity index (χ2v) is 4.77. The van der Waals surface area contributed by atoms with Crippen LogP contribution in [0, 0.1) is 0 Å². The average molecular weight is 352 g/mol. The number of hydrogen-bond donors (Lipinski definition) is 0. The smallest absolute Gasteiger partial charge is 0.347 e. The number of hydrogen-bond acceptors (Lipinski definition) is 3. The Morgan fingerprint density at radius 1 is 1.50 bits per heavy atom. The van der Waals surface area contributed by atoms with Crippen molar-refractivity contribution in [1.29, 1.82) is 0 Å². The van der Waals surface area contributed by atoms with E-state index in [1.165, 1.54) is 7.11 Å². The quantitative estimate of drug-likeness (QED) is 0.603. The molecule has 1 aromatic carbocycles. The molecule has 88 valence electrons. The van der Waals surface area contributed by atoms with E-state index < -0.39 is 6.10 Å². The van der Waals surface area contributed by atoms with Crippen molar-refractivity contribution in [3.63, 3.8) is 0 Å². The summed E-state index contributed by atoms with van der Waals surface area (Å²) in [6, 6.07) is 7.35. The number of halogens is 2. The van der Waals surface area contributed by atoms with Crippen molar-refractivity contribution < 1.29 is 14.3 Å². The van der Waals surface area contributed by atoms with Crippen LogP contribution in [0.5, 0.6) is 5.75 Å². The summed E-state index contributed by atoms with van der Waals surface area (Å²) < 4.78 is 11.1. The number of carbonyl (C=O) groups excluding carboxylic acids is 1. The van der Waals surface area contributed by atoms with Gasteiger partial charge in [0.15, 0.2) is 6.10 Å². The summed E-state index contributed by atoms with van der Waals surface area (Å²) in [5.41, 5.74) is 0. The molecule has 0 aliphatic rings. The highest BCUT2D eigenvalue weighted by molar-refractivity contribution is 9.10. The zero-order valence-corrected chi connectivity index (χ0v) is 12.0. The molecule has 0 fully saturated rings. The molecular weight excluding hydrogens is 340 g/mol. The monoisotopic (exact) mass is 350 g/mol. The lowest BCUT2D eigenvalue weighted by Gasteiger charge is -2.15. The molecule has 0 heterocycles. The number of carbonyl (C=O) groups is 1. The zero-order chi connectivity index (χ0) is 12.0. The Kier molecular flexibility index (Phi) is 5.84. The van der Waals surface area contributed by atoms with Gasteiger partial charge in [-0.1, -0.05) is 37.9 Å². The van der Waals surface area contributed by atoms with Crippen molar-refractivity contribution in [3.8, 4) is 5.75 Å². The van der Waals surface area contributed by atoms with E-state index in [9.17, 15) is 4.79 Å². The Balaban J connectivity index is 2.71. The highest BCUT2D eigenvalue weighted by Crippen LogP contribution is 2.20. The van der Waals surface area contributed by atoms with Crippen molar-refractivity contribution in [2.75, 3.05) is 12.4 Å². The molecule has 1 aromatic rings. The minimum absolute atomic E-state index is 0.362. The zero-order valence-electron chi connectivity index (χ0n) is 8.78. The van der Waals surface area contributed by atoms with Gasteiger partial charge in [0, 0.05) is 16.2 Å². The maximum atomic E-state index is 11.4. The molecule has 0 radical (unpaired) electrons. The number of methoxy groups -OCH3 is 1. The van der Waals surface area contributed by atoms with Crippen molar-refractivity contribution in [2.45, 2.75) is 12.5 Å². The topological polar surface area (TPSA) is 35.5 Å². The fourth-order valence-corrected chi connectivity index (χ4v) is 1.95. The van der Waals surface area contributed by atoms with E-state index in [0.29, 0.717) is 17.5 Å². The van der Waals surface area contributed by atoms with Gasteiger partial charge in [0.1, 0.15) is 5.75 Å². The summed E-state index contributed by atoms with van der Waals surface area (Å²) >= 11 is 6.62. The first-order valence-electron chi connectivity index (χ1n) is 4.73. The van der Waals surface area contributed by atoms with Gasteiger partial charge in [-0.3, -0.25) is 0 Å². The standard InChI is InChI=1S/C11H12Br2O3/c1-15-11(14)10(5-6-12)16-9-4-2-3-8(13)7-9/h2-4,7,10H,5-6H2,1H3. The van der Waals surface area contributed by atoms with Gasteiger partial charge in [0.05, 0.1) is 7.11 Å². The predicted octanol–water partition coefficient (Wildman–Crippen LogP) is 3.15. The van der Waals surface area contributed by atoms with E-state index in [1.807, 2.05) is 18.2 Å². The van der Waals surface area contributed by atoms with E-state index in [2.05, 4.69) is 36.6 Å². The van der Waals surface area contributed by atoms with Crippen LogP contribution in [0.25, 0.3) is 0 Å². The molecule has 16 heavy (non-hydrogen) atoms. The van der Waals surface area contributed by atoms with Gasteiger partial charge in [0.2, 0.25) is 0 Å². The molecule has 3 nitrogen and oxygen atoms in total. The van der Waals surface area contributed by atoms with Crippen LogP contribution in [0.4, 0.5) is 0 Å². The third-order valence-electron chi connectivity index (χ3n) is 1.91. The van der Waals surface area contributed by atoms with E-state index in [4.69, 9.17) is 4.74 Å². The van der Waals surface area contributed by atoms with Gasteiger partial charge >= 0.3 is 5.97 Å². The van der Waals surface area contributed by atoms with Crippen LogP contribution >= 0.6 is 31.9 Å². The van der Waals surface area contributed by atoms with Crippen molar-refractivity contribution in [2.24, 2.45) is 0 Å². The van der Waals surface area contributed by atoms with Crippen LogP contribution in [-0.4, -0.2) is 24.5 Å². The number of esters is 1. The Bertz CT molecular complexity index is 355. The van der Waals surface area contributed by atoms with Crippen LogP contribution in [-0.2, 0) is 9.53 Å². The molecule has 0 aliphatic heterocycles. The lowest BCUT2D eigenvalue weighted by Crippen LogP contribution is -2.29. The molecule has 0 spiro atoms. The summed E-state index contributed by atoms with van der Waals surface area (Å²) in [7, 11) is 1.35. The van der Waals surface area contributed by atoms with E-state index >= 15 is 0 Å². The molecule has 0 aliphatic carbocycles.